The summed E-state index contributed by atoms with van der Waals surface area (Å²) in [6.07, 6.45) is -0.346. The molecule has 0 fully saturated rings. The minimum Gasteiger partial charge on any atom is -0.469 e. The van der Waals surface area contributed by atoms with Gasteiger partial charge in [-0.25, -0.2) is 4.79 Å². The number of methoxy groups -OCH3 is 2. The van der Waals surface area contributed by atoms with Gasteiger partial charge < -0.3 is 9.47 Å². The minimum absolute atomic E-state index is 0.267. The van der Waals surface area contributed by atoms with Crippen LogP contribution in [-0.2, 0) is 14.3 Å². The van der Waals surface area contributed by atoms with Crippen molar-refractivity contribution in [3.05, 3.63) is 35.4 Å². The van der Waals surface area contributed by atoms with Gasteiger partial charge in [-0.3, -0.25) is 9.59 Å². The number of hydrogen-bond donors (Lipinski definition) is 0. The van der Waals surface area contributed by atoms with Crippen molar-refractivity contribution in [3.63, 3.8) is 0 Å². The van der Waals surface area contributed by atoms with Gasteiger partial charge in [0.05, 0.1) is 19.8 Å². The van der Waals surface area contributed by atoms with Crippen LogP contribution in [0, 0.1) is 0 Å². The first kappa shape index (κ1) is 12.9. The van der Waals surface area contributed by atoms with Gasteiger partial charge in [0.2, 0.25) is 0 Å². The van der Waals surface area contributed by atoms with E-state index in [1.165, 1.54) is 32.4 Å². The van der Waals surface area contributed by atoms with Crippen LogP contribution in [-0.4, -0.2) is 31.9 Å². The Morgan fingerprint density at radius 2 is 1.71 bits per heavy atom. The SMILES string of the molecule is COC(=O)CC(=O)c1cccc(C(=O)OC)c1. The van der Waals surface area contributed by atoms with E-state index in [4.69, 9.17) is 0 Å². The van der Waals surface area contributed by atoms with Gasteiger partial charge >= 0.3 is 11.9 Å². The topological polar surface area (TPSA) is 69.7 Å². The predicted octanol–water partition coefficient (Wildman–Crippen LogP) is 1.22. The summed E-state index contributed by atoms with van der Waals surface area (Å²) in [7, 11) is 2.46. The van der Waals surface area contributed by atoms with E-state index in [2.05, 4.69) is 9.47 Å². The lowest BCUT2D eigenvalue weighted by atomic mass is 10.1. The molecule has 0 bridgehead atoms. The molecule has 5 nitrogen and oxygen atoms in total. The van der Waals surface area contributed by atoms with E-state index in [0.717, 1.165) is 0 Å². The molecule has 0 aliphatic rings. The summed E-state index contributed by atoms with van der Waals surface area (Å²) in [4.78, 5) is 33.8. The molecule has 0 spiro atoms. The van der Waals surface area contributed by atoms with E-state index in [1.54, 1.807) is 6.07 Å². The molecule has 0 heterocycles. The van der Waals surface area contributed by atoms with E-state index in [-0.39, 0.29) is 17.5 Å². The van der Waals surface area contributed by atoms with E-state index >= 15 is 0 Å². The van der Waals surface area contributed by atoms with E-state index < -0.39 is 17.7 Å². The number of esters is 2. The maximum absolute atomic E-state index is 11.6. The van der Waals surface area contributed by atoms with Crippen molar-refractivity contribution in [3.8, 4) is 0 Å². The molecule has 0 unspecified atom stereocenters. The molecule has 0 N–H and O–H groups in total. The minimum atomic E-state index is -0.613. The second-order valence-electron chi connectivity index (χ2n) is 3.25. The Kier molecular flexibility index (Phi) is 4.39. The zero-order chi connectivity index (χ0) is 12.8. The first-order chi connectivity index (χ1) is 8.08. The van der Waals surface area contributed by atoms with E-state index in [9.17, 15) is 14.4 Å². The van der Waals surface area contributed by atoms with Crippen molar-refractivity contribution < 1.29 is 23.9 Å². The van der Waals surface area contributed by atoms with Gasteiger partial charge in [0.15, 0.2) is 5.78 Å². The Balaban J connectivity index is 2.88. The molecule has 0 aliphatic heterocycles. The molecule has 1 aromatic rings. The summed E-state index contributed by atoms with van der Waals surface area (Å²) in [6, 6.07) is 5.99. The first-order valence-electron chi connectivity index (χ1n) is 4.87. The highest BCUT2D eigenvalue weighted by molar-refractivity contribution is 6.06. The Hall–Kier alpha value is -2.17. The lowest BCUT2D eigenvalue weighted by molar-refractivity contribution is -0.139. The summed E-state index contributed by atoms with van der Waals surface area (Å²) in [5, 5.41) is 0. The van der Waals surface area contributed by atoms with Crippen molar-refractivity contribution >= 4 is 17.7 Å². The molecule has 17 heavy (non-hydrogen) atoms. The molecule has 0 aromatic heterocycles. The van der Waals surface area contributed by atoms with Gasteiger partial charge in [-0.1, -0.05) is 12.1 Å². The van der Waals surface area contributed by atoms with Crippen molar-refractivity contribution in [1.82, 2.24) is 0 Å². The third kappa shape index (κ3) is 3.41. The molecular weight excluding hydrogens is 224 g/mol. The zero-order valence-corrected chi connectivity index (χ0v) is 9.56. The van der Waals surface area contributed by atoms with Gasteiger partial charge in [0.1, 0.15) is 6.42 Å². The number of carbonyl (C=O) groups is 3. The van der Waals surface area contributed by atoms with Gasteiger partial charge in [0.25, 0.3) is 0 Å². The van der Waals surface area contributed by atoms with E-state index in [0.29, 0.717) is 0 Å². The number of ketones is 1. The number of hydrogen-bond acceptors (Lipinski definition) is 5. The molecule has 0 atom stereocenters. The van der Waals surface area contributed by atoms with Crippen LogP contribution in [0.25, 0.3) is 0 Å². The fourth-order valence-corrected chi connectivity index (χ4v) is 1.24. The Bertz CT molecular complexity index is 450. The largest absolute Gasteiger partial charge is 0.469 e. The van der Waals surface area contributed by atoms with Gasteiger partial charge in [-0.2, -0.15) is 0 Å². The maximum Gasteiger partial charge on any atom is 0.337 e. The molecule has 1 rings (SSSR count). The van der Waals surface area contributed by atoms with Gasteiger partial charge in [-0.05, 0) is 12.1 Å². The van der Waals surface area contributed by atoms with Crippen LogP contribution in [0.2, 0.25) is 0 Å². The monoisotopic (exact) mass is 236 g/mol. The lowest BCUT2D eigenvalue weighted by Gasteiger charge is -2.02. The van der Waals surface area contributed by atoms with Crippen molar-refractivity contribution in [2.45, 2.75) is 6.42 Å². The number of Topliss-reactive ketones (excluding diaryl/α,β-unsaturated/α-hetero) is 1. The highest BCUT2D eigenvalue weighted by atomic mass is 16.5. The summed E-state index contributed by atoms with van der Waals surface area (Å²) in [5.74, 6) is -1.54. The van der Waals surface area contributed by atoms with Gasteiger partial charge in [0, 0.05) is 5.56 Å². The van der Waals surface area contributed by atoms with Crippen molar-refractivity contribution in [2.75, 3.05) is 14.2 Å². The highest BCUT2D eigenvalue weighted by Gasteiger charge is 2.14. The number of ether oxygens (including phenoxy) is 2. The van der Waals surface area contributed by atoms with Crippen molar-refractivity contribution in [2.24, 2.45) is 0 Å². The van der Waals surface area contributed by atoms with Crippen LogP contribution in [0.1, 0.15) is 27.1 Å². The normalized spacial score (nSPS) is 9.53. The fourth-order valence-electron chi connectivity index (χ4n) is 1.24. The zero-order valence-electron chi connectivity index (χ0n) is 9.56. The number of rotatable bonds is 4. The van der Waals surface area contributed by atoms with Gasteiger partial charge in [-0.15, -0.1) is 0 Å². The first-order valence-corrected chi connectivity index (χ1v) is 4.87. The average molecular weight is 236 g/mol. The summed E-state index contributed by atoms with van der Waals surface area (Å²) >= 11 is 0. The molecule has 0 radical (unpaired) electrons. The predicted molar refractivity (Wildman–Crippen MR) is 58.7 cm³/mol. The standard InChI is InChI=1S/C12H12O5/c1-16-11(14)7-10(13)8-4-3-5-9(6-8)12(15)17-2/h3-6H,7H2,1-2H3. The average Bonchev–Trinajstić information content (AvgIpc) is 2.37. The summed E-state index contributed by atoms with van der Waals surface area (Å²) in [6.45, 7) is 0. The van der Waals surface area contributed by atoms with Crippen molar-refractivity contribution in [1.29, 1.82) is 0 Å². The fraction of sp³-hybridized carbons (Fsp3) is 0.250. The Morgan fingerprint density at radius 3 is 2.29 bits per heavy atom. The third-order valence-corrected chi connectivity index (χ3v) is 2.14. The molecule has 0 saturated heterocycles. The molecule has 0 amide bonds. The summed E-state index contributed by atoms with van der Waals surface area (Å²) in [5.41, 5.74) is 0.543. The highest BCUT2D eigenvalue weighted by Crippen LogP contribution is 2.09. The van der Waals surface area contributed by atoms with E-state index in [1.807, 2.05) is 0 Å². The second kappa shape index (κ2) is 5.79. The number of benzene rings is 1. The molecule has 1 aromatic carbocycles. The van der Waals surface area contributed by atoms with Crippen LogP contribution in [0.5, 0.6) is 0 Å². The lowest BCUT2D eigenvalue weighted by Crippen LogP contribution is -2.10. The summed E-state index contributed by atoms with van der Waals surface area (Å²) < 4.78 is 8.92. The van der Waals surface area contributed by atoms with Crippen LogP contribution in [0.15, 0.2) is 24.3 Å². The number of carbonyl (C=O) groups excluding carboxylic acids is 3. The second-order valence-corrected chi connectivity index (χ2v) is 3.25. The molecule has 0 aliphatic carbocycles. The maximum atomic E-state index is 11.6. The van der Waals surface area contributed by atoms with Crippen LogP contribution < -0.4 is 0 Å². The molecule has 5 heteroatoms. The van der Waals surface area contributed by atoms with Crippen LogP contribution >= 0.6 is 0 Å². The third-order valence-electron chi connectivity index (χ3n) is 2.14. The quantitative estimate of drug-likeness (QED) is 0.446. The van der Waals surface area contributed by atoms with Crippen LogP contribution in [0.4, 0.5) is 0 Å². The smallest absolute Gasteiger partial charge is 0.337 e. The Morgan fingerprint density at radius 1 is 1.06 bits per heavy atom. The van der Waals surface area contributed by atoms with Crippen LogP contribution in [0.3, 0.4) is 0 Å². The molecule has 0 saturated carbocycles. The molecule has 90 valence electrons. The Labute approximate surface area is 98.3 Å². The molecular formula is C12H12O5.